The number of aromatic nitrogens is 1. The fraction of sp³-hybridized carbons (Fsp3) is 0.188. The summed E-state index contributed by atoms with van der Waals surface area (Å²) in [4.78, 5) is 15.7. The molecule has 3 rings (SSSR count). The van der Waals surface area contributed by atoms with Crippen molar-refractivity contribution in [3.8, 4) is 5.88 Å². The van der Waals surface area contributed by atoms with Crippen molar-refractivity contribution < 1.29 is 9.90 Å². The summed E-state index contributed by atoms with van der Waals surface area (Å²) in [5.74, 6) is -0.406. The van der Waals surface area contributed by atoms with Crippen LogP contribution in [-0.2, 0) is 11.2 Å². The SMILES string of the molecule is Cc1cc(C)c2[nH]c(O)c(N=NC(=O)Cc3cccs3)c2c1. The van der Waals surface area contributed by atoms with Crippen molar-refractivity contribution in [1.29, 1.82) is 0 Å². The molecule has 0 aliphatic carbocycles. The third kappa shape index (κ3) is 2.78. The Morgan fingerprint density at radius 3 is 2.91 bits per heavy atom. The Labute approximate surface area is 131 Å². The number of carbonyl (C=O) groups is 1. The van der Waals surface area contributed by atoms with Crippen LogP contribution in [0, 0.1) is 13.8 Å². The highest BCUT2D eigenvalue weighted by Crippen LogP contribution is 2.37. The van der Waals surface area contributed by atoms with E-state index in [1.54, 1.807) is 0 Å². The molecule has 1 amide bonds. The molecule has 3 aromatic rings. The molecule has 0 unspecified atom stereocenters. The van der Waals surface area contributed by atoms with Crippen LogP contribution in [0.5, 0.6) is 5.88 Å². The van der Waals surface area contributed by atoms with Crippen LogP contribution in [-0.4, -0.2) is 16.0 Å². The van der Waals surface area contributed by atoms with Crippen molar-refractivity contribution in [2.24, 2.45) is 10.2 Å². The van der Waals surface area contributed by atoms with Gasteiger partial charge in [-0.3, -0.25) is 4.79 Å². The van der Waals surface area contributed by atoms with Crippen LogP contribution >= 0.6 is 11.3 Å². The normalized spacial score (nSPS) is 11.5. The summed E-state index contributed by atoms with van der Waals surface area (Å²) in [6.07, 6.45) is 0.225. The van der Waals surface area contributed by atoms with Gasteiger partial charge in [-0.25, -0.2) is 0 Å². The number of carbonyl (C=O) groups excluding carboxylic acids is 1. The molecule has 2 N–H and O–H groups in total. The number of hydrogen-bond acceptors (Lipinski definition) is 4. The van der Waals surface area contributed by atoms with Crippen molar-refractivity contribution >= 4 is 33.8 Å². The molecule has 0 aliphatic heterocycles. The largest absolute Gasteiger partial charge is 0.493 e. The lowest BCUT2D eigenvalue weighted by Gasteiger charge is -1.98. The van der Waals surface area contributed by atoms with Crippen LogP contribution in [0.3, 0.4) is 0 Å². The van der Waals surface area contributed by atoms with Crippen LogP contribution in [0.4, 0.5) is 5.69 Å². The number of H-pyrrole nitrogens is 1. The molecule has 0 fully saturated rings. The molecule has 0 spiro atoms. The first-order chi connectivity index (χ1) is 10.5. The van der Waals surface area contributed by atoms with Gasteiger partial charge in [-0.2, -0.15) is 0 Å². The number of aromatic amines is 1. The van der Waals surface area contributed by atoms with E-state index in [0.717, 1.165) is 26.9 Å². The van der Waals surface area contributed by atoms with Crippen molar-refractivity contribution in [2.75, 3.05) is 0 Å². The van der Waals surface area contributed by atoms with Crippen molar-refractivity contribution in [1.82, 2.24) is 4.98 Å². The number of hydrogen-bond donors (Lipinski definition) is 2. The molecule has 0 bridgehead atoms. The number of aromatic hydroxyl groups is 1. The highest BCUT2D eigenvalue weighted by Gasteiger charge is 2.13. The fourth-order valence-electron chi connectivity index (χ4n) is 2.43. The van der Waals surface area contributed by atoms with Gasteiger partial charge >= 0.3 is 0 Å². The first-order valence-electron chi connectivity index (χ1n) is 6.83. The van der Waals surface area contributed by atoms with E-state index in [4.69, 9.17) is 0 Å². The Kier molecular flexibility index (Phi) is 3.77. The Morgan fingerprint density at radius 2 is 2.18 bits per heavy atom. The second-order valence-corrected chi connectivity index (χ2v) is 6.21. The maximum absolute atomic E-state index is 11.8. The summed E-state index contributed by atoms with van der Waals surface area (Å²) < 4.78 is 0. The van der Waals surface area contributed by atoms with E-state index in [-0.39, 0.29) is 18.2 Å². The zero-order chi connectivity index (χ0) is 15.7. The van der Waals surface area contributed by atoms with Gasteiger partial charge in [0, 0.05) is 10.3 Å². The zero-order valence-electron chi connectivity index (χ0n) is 12.3. The number of nitrogens with one attached hydrogen (secondary N) is 1. The summed E-state index contributed by atoms with van der Waals surface area (Å²) in [5.41, 5.74) is 3.19. The molecule has 0 aliphatic rings. The predicted octanol–water partition coefficient (Wildman–Crippen LogP) is 4.40. The lowest BCUT2D eigenvalue weighted by molar-refractivity contribution is -0.117. The maximum atomic E-state index is 11.8. The minimum atomic E-state index is -0.333. The summed E-state index contributed by atoms with van der Waals surface area (Å²) in [7, 11) is 0. The van der Waals surface area contributed by atoms with Crippen LogP contribution in [0.25, 0.3) is 10.9 Å². The topological polar surface area (TPSA) is 77.8 Å². The fourth-order valence-corrected chi connectivity index (χ4v) is 3.13. The van der Waals surface area contributed by atoms with Gasteiger partial charge in [0.25, 0.3) is 5.91 Å². The number of rotatable bonds is 3. The third-order valence-electron chi connectivity index (χ3n) is 3.37. The smallest absolute Gasteiger partial charge is 0.269 e. The Morgan fingerprint density at radius 1 is 1.36 bits per heavy atom. The van der Waals surface area contributed by atoms with Gasteiger partial charge in [-0.05, 0) is 36.9 Å². The van der Waals surface area contributed by atoms with Crippen LogP contribution < -0.4 is 0 Å². The van der Waals surface area contributed by atoms with Crippen molar-refractivity contribution in [2.45, 2.75) is 20.3 Å². The zero-order valence-corrected chi connectivity index (χ0v) is 13.1. The summed E-state index contributed by atoms with van der Waals surface area (Å²) in [6.45, 7) is 3.92. The van der Waals surface area contributed by atoms with Crippen LogP contribution in [0.2, 0.25) is 0 Å². The minimum absolute atomic E-state index is 0.0728. The number of thiophene rings is 1. The highest BCUT2D eigenvalue weighted by molar-refractivity contribution is 7.10. The second kappa shape index (κ2) is 5.73. The van der Waals surface area contributed by atoms with E-state index in [1.165, 1.54) is 11.3 Å². The molecule has 112 valence electrons. The highest BCUT2D eigenvalue weighted by atomic mass is 32.1. The molecule has 2 aromatic heterocycles. The van der Waals surface area contributed by atoms with Crippen LogP contribution in [0.1, 0.15) is 16.0 Å². The molecule has 2 heterocycles. The van der Waals surface area contributed by atoms with E-state index in [9.17, 15) is 9.90 Å². The first-order valence-corrected chi connectivity index (χ1v) is 7.71. The van der Waals surface area contributed by atoms with Gasteiger partial charge in [0.1, 0.15) is 0 Å². The molecule has 0 saturated carbocycles. The first kappa shape index (κ1) is 14.5. The summed E-state index contributed by atoms with van der Waals surface area (Å²) >= 11 is 1.51. The molecule has 0 saturated heterocycles. The Balaban J connectivity index is 1.91. The van der Waals surface area contributed by atoms with Gasteiger partial charge in [-0.1, -0.05) is 17.7 Å². The molecule has 0 atom stereocenters. The van der Waals surface area contributed by atoms with Gasteiger partial charge in [0.05, 0.1) is 11.9 Å². The predicted molar refractivity (Wildman–Crippen MR) is 87.0 cm³/mol. The molecular weight excluding hydrogens is 298 g/mol. The van der Waals surface area contributed by atoms with Crippen molar-refractivity contribution in [3.63, 3.8) is 0 Å². The molecule has 22 heavy (non-hydrogen) atoms. The van der Waals surface area contributed by atoms with Crippen LogP contribution in [0.15, 0.2) is 39.9 Å². The Bertz CT molecular complexity index is 863. The lowest BCUT2D eigenvalue weighted by Crippen LogP contribution is -1.95. The van der Waals surface area contributed by atoms with Gasteiger partial charge in [0.15, 0.2) is 5.69 Å². The van der Waals surface area contributed by atoms with E-state index >= 15 is 0 Å². The maximum Gasteiger partial charge on any atom is 0.269 e. The molecule has 6 heteroatoms. The number of nitrogens with zero attached hydrogens (tertiary/aromatic N) is 2. The molecule has 5 nitrogen and oxygen atoms in total. The van der Waals surface area contributed by atoms with Gasteiger partial charge < -0.3 is 10.1 Å². The Hall–Kier alpha value is -2.47. The number of azo groups is 1. The summed E-state index contributed by atoms with van der Waals surface area (Å²) in [6, 6.07) is 7.70. The lowest BCUT2D eigenvalue weighted by atomic mass is 10.1. The molecule has 0 radical (unpaired) electrons. The third-order valence-corrected chi connectivity index (χ3v) is 4.25. The van der Waals surface area contributed by atoms with Crippen molar-refractivity contribution in [3.05, 3.63) is 45.6 Å². The number of amides is 1. The molecular formula is C16H15N3O2S. The van der Waals surface area contributed by atoms with E-state index in [2.05, 4.69) is 15.2 Å². The van der Waals surface area contributed by atoms with E-state index in [1.807, 2.05) is 43.5 Å². The summed E-state index contributed by atoms with van der Waals surface area (Å²) in [5, 5.41) is 20.4. The number of benzene rings is 1. The average Bonchev–Trinajstić information content (AvgIpc) is 3.05. The van der Waals surface area contributed by atoms with Gasteiger partial charge in [0.2, 0.25) is 5.88 Å². The monoisotopic (exact) mass is 313 g/mol. The van der Waals surface area contributed by atoms with Gasteiger partial charge in [-0.15, -0.1) is 21.6 Å². The minimum Gasteiger partial charge on any atom is -0.493 e. The molecule has 1 aromatic carbocycles. The quantitative estimate of drug-likeness (QED) is 0.703. The average molecular weight is 313 g/mol. The number of fused-ring (bicyclic) bond motifs is 1. The standard InChI is InChI=1S/C16H15N3O2S/c1-9-6-10(2)14-12(7-9)15(16(21)17-14)19-18-13(20)8-11-4-3-5-22-11/h3-7,17,21H,8H2,1-2H3. The number of aryl methyl sites for hydroxylation is 2. The second-order valence-electron chi connectivity index (χ2n) is 5.18. The van der Waals surface area contributed by atoms with E-state index in [0.29, 0.717) is 5.69 Å². The van der Waals surface area contributed by atoms with E-state index < -0.39 is 0 Å².